The number of quaternary nitrogens is 2. The summed E-state index contributed by atoms with van der Waals surface area (Å²) in [4.78, 5) is 5.56. The third-order valence-electron chi connectivity index (χ3n) is 2.83. The highest BCUT2D eigenvalue weighted by Gasteiger charge is 2.11. The van der Waals surface area contributed by atoms with Gasteiger partial charge >= 0.3 is 0 Å². The highest BCUT2D eigenvalue weighted by atomic mass is 15.1. The molecule has 0 aliphatic carbocycles. The molecule has 1 unspecified atom stereocenters. The average Bonchev–Trinajstić information content (AvgIpc) is 2.26. The van der Waals surface area contributed by atoms with Gasteiger partial charge in [0, 0.05) is 18.8 Å². The Hall–Kier alpha value is -0.930. The van der Waals surface area contributed by atoms with Crippen molar-refractivity contribution in [3.05, 3.63) is 30.1 Å². The molecule has 0 radical (unpaired) electrons. The number of aromatic nitrogens is 1. The molecule has 0 aliphatic rings. The molecule has 4 N–H and O–H groups in total. The lowest BCUT2D eigenvalue weighted by Gasteiger charge is -2.18. The number of nitrogens with one attached hydrogen (secondary N) is 1. The van der Waals surface area contributed by atoms with Gasteiger partial charge in [-0.1, -0.05) is 0 Å². The molecule has 1 heterocycles. The second-order valence-corrected chi connectivity index (χ2v) is 3.89. The van der Waals surface area contributed by atoms with Crippen LogP contribution in [-0.2, 0) is 6.42 Å². The minimum atomic E-state index is 0.650. The molecule has 14 heavy (non-hydrogen) atoms. The van der Waals surface area contributed by atoms with E-state index in [0.717, 1.165) is 13.0 Å². The molecule has 3 nitrogen and oxygen atoms in total. The summed E-state index contributed by atoms with van der Waals surface area (Å²) in [6, 6.07) is 4.82. The van der Waals surface area contributed by atoms with Gasteiger partial charge in [-0.25, -0.2) is 0 Å². The molecule has 0 saturated heterocycles. The molecule has 0 fully saturated rings. The number of likely N-dealkylation sites (N-methyl/N-ethyl adjacent to an activating group) is 1. The summed E-state index contributed by atoms with van der Waals surface area (Å²) in [5.41, 5.74) is 5.30. The smallest absolute Gasteiger partial charge is 0.134 e. The van der Waals surface area contributed by atoms with Crippen LogP contribution in [0.25, 0.3) is 0 Å². The van der Waals surface area contributed by atoms with Gasteiger partial charge in [0.05, 0.1) is 13.6 Å². The first-order valence-corrected chi connectivity index (χ1v) is 5.24. The quantitative estimate of drug-likeness (QED) is 0.607. The zero-order chi connectivity index (χ0) is 10.4. The monoisotopic (exact) mass is 195 g/mol. The van der Waals surface area contributed by atoms with Gasteiger partial charge in [0.2, 0.25) is 0 Å². The van der Waals surface area contributed by atoms with Crippen LogP contribution in [0.4, 0.5) is 0 Å². The number of hydrogen-bond donors (Lipinski definition) is 2. The summed E-state index contributed by atoms with van der Waals surface area (Å²) < 4.78 is 0. The summed E-state index contributed by atoms with van der Waals surface area (Å²) in [5, 5.41) is 0. The molecular formula is C11H21N3+2. The van der Waals surface area contributed by atoms with E-state index in [2.05, 4.69) is 36.8 Å². The highest BCUT2D eigenvalue weighted by molar-refractivity contribution is 5.09. The molecule has 0 amide bonds. The van der Waals surface area contributed by atoms with E-state index < -0.39 is 0 Å². The fourth-order valence-corrected chi connectivity index (χ4v) is 1.38. The van der Waals surface area contributed by atoms with Gasteiger partial charge in [0.1, 0.15) is 12.6 Å². The van der Waals surface area contributed by atoms with E-state index in [4.69, 9.17) is 0 Å². The summed E-state index contributed by atoms with van der Waals surface area (Å²) >= 11 is 0. The maximum Gasteiger partial charge on any atom is 0.134 e. The summed E-state index contributed by atoms with van der Waals surface area (Å²) in [5.74, 6) is 0. The molecule has 0 aromatic carbocycles. The van der Waals surface area contributed by atoms with Crippen LogP contribution in [0.1, 0.15) is 12.5 Å². The minimum absolute atomic E-state index is 0.650. The van der Waals surface area contributed by atoms with Crippen molar-refractivity contribution >= 4 is 0 Å². The van der Waals surface area contributed by atoms with Crippen molar-refractivity contribution < 1.29 is 10.6 Å². The number of nitrogens with zero attached hydrogens (tertiary/aromatic N) is 1. The van der Waals surface area contributed by atoms with Crippen LogP contribution in [0.15, 0.2) is 24.5 Å². The molecule has 0 spiro atoms. The lowest BCUT2D eigenvalue weighted by atomic mass is 10.2. The van der Waals surface area contributed by atoms with Crippen molar-refractivity contribution in [1.29, 1.82) is 0 Å². The van der Waals surface area contributed by atoms with E-state index in [1.54, 1.807) is 4.90 Å². The predicted octanol–water partition coefficient (Wildman–Crippen LogP) is -1.23. The van der Waals surface area contributed by atoms with Gasteiger partial charge in [-0.15, -0.1) is 0 Å². The Labute approximate surface area is 85.9 Å². The number of pyridine rings is 1. The highest BCUT2D eigenvalue weighted by Crippen LogP contribution is 1.94. The largest absolute Gasteiger partial charge is 0.353 e. The zero-order valence-corrected chi connectivity index (χ0v) is 9.16. The van der Waals surface area contributed by atoms with E-state index >= 15 is 0 Å². The Morgan fingerprint density at radius 1 is 1.43 bits per heavy atom. The molecule has 0 aliphatic heterocycles. The van der Waals surface area contributed by atoms with Crippen LogP contribution in [0.5, 0.6) is 0 Å². The maximum atomic E-state index is 4.01. The number of hydrogen-bond acceptors (Lipinski definition) is 1. The van der Waals surface area contributed by atoms with Crippen molar-refractivity contribution in [2.75, 3.05) is 20.1 Å². The van der Waals surface area contributed by atoms with Gasteiger partial charge in [-0.3, -0.25) is 4.98 Å². The lowest BCUT2D eigenvalue weighted by Crippen LogP contribution is -3.14. The second-order valence-electron chi connectivity index (χ2n) is 3.89. The van der Waals surface area contributed by atoms with Crippen LogP contribution in [-0.4, -0.2) is 31.2 Å². The third-order valence-corrected chi connectivity index (χ3v) is 2.83. The first-order valence-electron chi connectivity index (χ1n) is 5.24. The molecule has 0 bridgehead atoms. The Balaban J connectivity index is 2.34. The van der Waals surface area contributed by atoms with Crippen LogP contribution in [0, 0.1) is 0 Å². The van der Waals surface area contributed by atoms with Crippen molar-refractivity contribution in [3.8, 4) is 0 Å². The predicted molar refractivity (Wildman–Crippen MR) is 56.9 cm³/mol. The Morgan fingerprint density at radius 3 is 2.64 bits per heavy atom. The van der Waals surface area contributed by atoms with E-state index in [-0.39, 0.29) is 0 Å². The zero-order valence-electron chi connectivity index (χ0n) is 9.16. The van der Waals surface area contributed by atoms with Crippen molar-refractivity contribution in [2.24, 2.45) is 0 Å². The first kappa shape index (κ1) is 11.1. The van der Waals surface area contributed by atoms with Crippen LogP contribution < -0.4 is 10.6 Å². The average molecular weight is 195 g/mol. The molecule has 2 atom stereocenters. The minimum Gasteiger partial charge on any atom is -0.353 e. The van der Waals surface area contributed by atoms with Gasteiger partial charge in [0.15, 0.2) is 0 Å². The molecule has 1 aromatic rings. The Bertz CT molecular complexity index is 248. The second kappa shape index (κ2) is 5.73. The normalized spacial score (nSPS) is 15.1. The van der Waals surface area contributed by atoms with Gasteiger partial charge in [-0.05, 0) is 24.6 Å². The van der Waals surface area contributed by atoms with Gasteiger partial charge < -0.3 is 10.6 Å². The molecular weight excluding hydrogens is 174 g/mol. The summed E-state index contributed by atoms with van der Waals surface area (Å²) in [7, 11) is 2.23. The molecule has 78 valence electrons. The Morgan fingerprint density at radius 2 is 2.07 bits per heavy atom. The van der Waals surface area contributed by atoms with Crippen molar-refractivity contribution in [2.45, 2.75) is 19.4 Å². The number of rotatable bonds is 5. The van der Waals surface area contributed by atoms with Gasteiger partial charge in [0.25, 0.3) is 0 Å². The summed E-state index contributed by atoms with van der Waals surface area (Å²) in [6.45, 7) is 4.41. The van der Waals surface area contributed by atoms with Crippen LogP contribution >= 0.6 is 0 Å². The fourth-order valence-electron chi connectivity index (χ4n) is 1.38. The van der Waals surface area contributed by atoms with Crippen LogP contribution in [0.3, 0.4) is 0 Å². The van der Waals surface area contributed by atoms with E-state index in [1.165, 1.54) is 12.1 Å². The standard InChI is InChI=1S/C11H19N3/c1-10(9-12)14(2)8-5-11-3-6-13-7-4-11/h3-4,6-7,10H,5,8-9,12H2,1-2H3/p+2/t10-/m1/s1. The maximum absolute atomic E-state index is 4.01. The first-order chi connectivity index (χ1) is 6.74. The molecule has 0 saturated carbocycles. The van der Waals surface area contributed by atoms with Crippen LogP contribution in [0.2, 0.25) is 0 Å². The van der Waals surface area contributed by atoms with E-state index in [9.17, 15) is 0 Å². The lowest BCUT2D eigenvalue weighted by molar-refractivity contribution is -0.909. The van der Waals surface area contributed by atoms with E-state index in [0.29, 0.717) is 6.04 Å². The molecule has 1 rings (SSSR count). The van der Waals surface area contributed by atoms with Gasteiger partial charge in [-0.2, -0.15) is 0 Å². The fraction of sp³-hybridized carbons (Fsp3) is 0.545. The Kier molecular flexibility index (Phi) is 4.56. The van der Waals surface area contributed by atoms with Crippen molar-refractivity contribution in [1.82, 2.24) is 4.98 Å². The topological polar surface area (TPSA) is 45.0 Å². The SMILES string of the molecule is C[C@H](C[NH3+])[NH+](C)CCc1ccncc1. The summed E-state index contributed by atoms with van der Waals surface area (Å²) in [6.07, 6.45) is 4.84. The van der Waals surface area contributed by atoms with E-state index in [1.807, 2.05) is 12.4 Å². The molecule has 3 heteroatoms. The van der Waals surface area contributed by atoms with Crippen molar-refractivity contribution in [3.63, 3.8) is 0 Å². The third kappa shape index (κ3) is 3.44. The molecule has 1 aromatic heterocycles.